The van der Waals surface area contributed by atoms with E-state index in [0.717, 1.165) is 11.3 Å². The van der Waals surface area contributed by atoms with Crippen LogP contribution in [0.2, 0.25) is 0 Å². The van der Waals surface area contributed by atoms with E-state index in [4.69, 9.17) is 9.47 Å². The fraction of sp³-hybridized carbons (Fsp3) is 0.348. The molecular formula is C23H27N3O5. The first-order valence-corrected chi connectivity index (χ1v) is 10.0. The van der Waals surface area contributed by atoms with E-state index in [-0.39, 0.29) is 43.1 Å². The molecule has 1 aliphatic rings. The average molecular weight is 425 g/mol. The van der Waals surface area contributed by atoms with Crippen LogP contribution in [-0.2, 0) is 9.59 Å². The third kappa shape index (κ3) is 5.82. The van der Waals surface area contributed by atoms with Crippen molar-refractivity contribution < 1.29 is 23.9 Å². The Morgan fingerprint density at radius 2 is 1.90 bits per heavy atom. The summed E-state index contributed by atoms with van der Waals surface area (Å²) in [6, 6.07) is 12.6. The molecule has 2 aromatic rings. The quantitative estimate of drug-likeness (QED) is 0.599. The van der Waals surface area contributed by atoms with Gasteiger partial charge in [-0.2, -0.15) is 0 Å². The molecule has 8 heteroatoms. The number of carbonyl (C=O) groups is 3. The highest BCUT2D eigenvalue weighted by Gasteiger charge is 2.19. The molecule has 0 bridgehead atoms. The number of hydrogen-bond donors (Lipinski definition) is 2. The van der Waals surface area contributed by atoms with Crippen molar-refractivity contribution in [2.24, 2.45) is 0 Å². The molecule has 0 spiro atoms. The van der Waals surface area contributed by atoms with E-state index < -0.39 is 0 Å². The first kappa shape index (κ1) is 22.3. The van der Waals surface area contributed by atoms with Crippen LogP contribution in [0.25, 0.3) is 0 Å². The Kier molecular flexibility index (Phi) is 7.25. The Morgan fingerprint density at radius 1 is 1.16 bits per heavy atom. The van der Waals surface area contributed by atoms with E-state index in [1.54, 1.807) is 25.3 Å². The van der Waals surface area contributed by atoms with Crippen LogP contribution in [-0.4, -0.2) is 56.9 Å². The zero-order valence-corrected chi connectivity index (χ0v) is 17.9. The van der Waals surface area contributed by atoms with E-state index >= 15 is 0 Å². The third-order valence-electron chi connectivity index (χ3n) is 5.13. The predicted octanol–water partition coefficient (Wildman–Crippen LogP) is 2.41. The Labute approximate surface area is 181 Å². The number of hydrogen-bond acceptors (Lipinski definition) is 6. The summed E-state index contributed by atoms with van der Waals surface area (Å²) in [7, 11) is 5.51. The van der Waals surface area contributed by atoms with Gasteiger partial charge in [0, 0.05) is 24.9 Å². The highest BCUT2D eigenvalue weighted by atomic mass is 16.5. The number of nitrogens with zero attached hydrogens (tertiary/aromatic N) is 1. The maximum atomic E-state index is 12.5. The molecule has 164 valence electrons. The van der Waals surface area contributed by atoms with E-state index in [1.165, 1.54) is 0 Å². The number of benzene rings is 2. The zero-order valence-electron chi connectivity index (χ0n) is 17.9. The van der Waals surface area contributed by atoms with E-state index in [9.17, 15) is 14.4 Å². The topological polar surface area (TPSA) is 97.0 Å². The molecule has 0 fully saturated rings. The summed E-state index contributed by atoms with van der Waals surface area (Å²) in [6.45, 7) is 0.388. The van der Waals surface area contributed by atoms with Crippen LogP contribution in [0.1, 0.15) is 34.8 Å². The SMILES string of the molecule is COc1ccc(C(CNC(=O)CCC(=O)c2ccc3c(c2)NC(=O)CO3)N(C)C)cc1. The van der Waals surface area contributed by atoms with Gasteiger partial charge in [0.25, 0.3) is 5.91 Å². The van der Waals surface area contributed by atoms with Crippen LogP contribution < -0.4 is 20.1 Å². The monoisotopic (exact) mass is 425 g/mol. The van der Waals surface area contributed by atoms with Gasteiger partial charge in [-0.1, -0.05) is 12.1 Å². The first-order valence-electron chi connectivity index (χ1n) is 10.0. The highest BCUT2D eigenvalue weighted by molar-refractivity contribution is 6.01. The second-order valence-electron chi connectivity index (χ2n) is 7.53. The second-order valence-corrected chi connectivity index (χ2v) is 7.53. The normalized spacial score (nSPS) is 13.6. The minimum atomic E-state index is -0.260. The minimum absolute atomic E-state index is 0.00480. The second kappa shape index (κ2) is 10.1. The number of ether oxygens (including phenoxy) is 2. The fourth-order valence-corrected chi connectivity index (χ4v) is 3.35. The summed E-state index contributed by atoms with van der Waals surface area (Å²) >= 11 is 0. The number of carbonyl (C=O) groups excluding carboxylic acids is 3. The van der Waals surface area contributed by atoms with Gasteiger partial charge in [0.15, 0.2) is 12.4 Å². The highest BCUT2D eigenvalue weighted by Crippen LogP contribution is 2.29. The Hall–Kier alpha value is -3.39. The van der Waals surface area contributed by atoms with Crippen LogP contribution in [0.5, 0.6) is 11.5 Å². The number of likely N-dealkylation sites (N-methyl/N-ethyl adjacent to an activating group) is 1. The maximum Gasteiger partial charge on any atom is 0.262 e. The summed E-state index contributed by atoms with van der Waals surface area (Å²) in [5, 5.41) is 5.59. The van der Waals surface area contributed by atoms with Crippen LogP contribution in [0.4, 0.5) is 5.69 Å². The predicted molar refractivity (Wildman–Crippen MR) is 117 cm³/mol. The van der Waals surface area contributed by atoms with Gasteiger partial charge in [-0.3, -0.25) is 14.4 Å². The molecule has 1 aliphatic heterocycles. The number of Topliss-reactive ketones (excluding diaryl/α,β-unsaturated/α-hetero) is 1. The number of fused-ring (bicyclic) bond motifs is 1. The van der Waals surface area contributed by atoms with Crippen molar-refractivity contribution in [3.8, 4) is 11.5 Å². The van der Waals surface area contributed by atoms with Crippen molar-refractivity contribution >= 4 is 23.3 Å². The van der Waals surface area contributed by atoms with Crippen molar-refractivity contribution in [3.63, 3.8) is 0 Å². The molecule has 0 saturated heterocycles. The number of ketones is 1. The van der Waals surface area contributed by atoms with Crippen molar-refractivity contribution in [3.05, 3.63) is 53.6 Å². The number of nitrogens with one attached hydrogen (secondary N) is 2. The summed E-state index contributed by atoms with van der Waals surface area (Å²) in [4.78, 5) is 38.3. The first-order chi connectivity index (χ1) is 14.9. The van der Waals surface area contributed by atoms with Crippen molar-refractivity contribution in [1.82, 2.24) is 10.2 Å². The average Bonchev–Trinajstić information content (AvgIpc) is 2.77. The van der Waals surface area contributed by atoms with Crippen LogP contribution >= 0.6 is 0 Å². The molecule has 2 aromatic carbocycles. The summed E-state index contributed by atoms with van der Waals surface area (Å²) < 4.78 is 10.5. The number of methoxy groups -OCH3 is 1. The molecule has 1 atom stereocenters. The largest absolute Gasteiger partial charge is 0.497 e. The lowest BCUT2D eigenvalue weighted by Crippen LogP contribution is -2.34. The van der Waals surface area contributed by atoms with E-state index in [1.807, 2.05) is 43.3 Å². The van der Waals surface area contributed by atoms with Gasteiger partial charge in [-0.25, -0.2) is 0 Å². The van der Waals surface area contributed by atoms with Gasteiger partial charge in [-0.15, -0.1) is 0 Å². The molecule has 3 rings (SSSR count). The Balaban J connectivity index is 1.52. The number of anilines is 1. The van der Waals surface area contributed by atoms with Crippen molar-refractivity contribution in [1.29, 1.82) is 0 Å². The van der Waals surface area contributed by atoms with Gasteiger partial charge in [-0.05, 0) is 50.0 Å². The van der Waals surface area contributed by atoms with Gasteiger partial charge in [0.2, 0.25) is 5.91 Å². The molecule has 2 amide bonds. The van der Waals surface area contributed by atoms with Crippen LogP contribution in [0, 0.1) is 0 Å². The Bertz CT molecular complexity index is 956. The van der Waals surface area contributed by atoms with Crippen molar-refractivity contribution in [2.45, 2.75) is 18.9 Å². The van der Waals surface area contributed by atoms with Gasteiger partial charge in [0.05, 0.1) is 18.8 Å². The van der Waals surface area contributed by atoms with E-state index in [2.05, 4.69) is 10.6 Å². The summed E-state index contributed by atoms with van der Waals surface area (Å²) in [5.41, 5.74) is 1.96. The third-order valence-corrected chi connectivity index (χ3v) is 5.13. The molecule has 1 unspecified atom stereocenters. The molecule has 0 aliphatic carbocycles. The molecule has 0 saturated carbocycles. The van der Waals surface area contributed by atoms with Crippen LogP contribution in [0.3, 0.4) is 0 Å². The minimum Gasteiger partial charge on any atom is -0.497 e. The molecule has 0 radical (unpaired) electrons. The van der Waals surface area contributed by atoms with Gasteiger partial charge in [0.1, 0.15) is 11.5 Å². The lowest BCUT2D eigenvalue weighted by atomic mass is 10.0. The number of rotatable bonds is 9. The lowest BCUT2D eigenvalue weighted by Gasteiger charge is -2.25. The summed E-state index contributed by atoms with van der Waals surface area (Å²) in [5.74, 6) is 0.684. The van der Waals surface area contributed by atoms with Gasteiger partial charge < -0.3 is 25.0 Å². The molecule has 2 N–H and O–H groups in total. The maximum absolute atomic E-state index is 12.5. The van der Waals surface area contributed by atoms with E-state index in [0.29, 0.717) is 23.5 Å². The molecule has 1 heterocycles. The summed E-state index contributed by atoms with van der Waals surface area (Å²) in [6.07, 6.45) is 0.163. The number of amides is 2. The fourth-order valence-electron chi connectivity index (χ4n) is 3.35. The van der Waals surface area contributed by atoms with Crippen molar-refractivity contribution in [2.75, 3.05) is 39.7 Å². The Morgan fingerprint density at radius 3 is 2.58 bits per heavy atom. The lowest BCUT2D eigenvalue weighted by molar-refractivity contribution is -0.121. The molecule has 31 heavy (non-hydrogen) atoms. The zero-order chi connectivity index (χ0) is 22.4. The molecule has 0 aromatic heterocycles. The van der Waals surface area contributed by atoms with Crippen LogP contribution in [0.15, 0.2) is 42.5 Å². The molecular weight excluding hydrogens is 398 g/mol. The molecule has 8 nitrogen and oxygen atoms in total. The standard InChI is InChI=1S/C23H27N3O5/c1-26(2)19(15-4-7-17(30-3)8-5-15)13-24-22(28)11-9-20(27)16-6-10-21-18(12-16)25-23(29)14-31-21/h4-8,10,12,19H,9,11,13-14H2,1-3H3,(H,24,28)(H,25,29). The van der Waals surface area contributed by atoms with Gasteiger partial charge >= 0.3 is 0 Å². The smallest absolute Gasteiger partial charge is 0.262 e.